The van der Waals surface area contributed by atoms with Crippen LogP contribution in [-0.2, 0) is 23.3 Å². The van der Waals surface area contributed by atoms with Gasteiger partial charge in [-0.05, 0) is 0 Å². The predicted molar refractivity (Wildman–Crippen MR) is 102 cm³/mol. The van der Waals surface area contributed by atoms with E-state index in [0.717, 1.165) is 0 Å². The van der Waals surface area contributed by atoms with Crippen molar-refractivity contribution in [3.63, 3.8) is 0 Å². The fourth-order valence-corrected chi connectivity index (χ4v) is 1.49. The van der Waals surface area contributed by atoms with Gasteiger partial charge in [0, 0.05) is 0 Å². The summed E-state index contributed by atoms with van der Waals surface area (Å²) in [6, 6.07) is 0. The molecule has 21 heavy (non-hydrogen) atoms. The molecule has 0 aliphatic heterocycles. The summed E-state index contributed by atoms with van der Waals surface area (Å²) in [6.45, 7) is 15.4. The standard InChI is InChI=1S/2C7H9.C2H5.CH3.2ClH.H2Si.Zr/c2*1-6-3-4-7(2)5-6;1-2;;;;;/h2*3-4,6H,1-2H3;1H2,2H3;1H3;2*1H;1H2;/q4*-1;;;;. The summed E-state index contributed by atoms with van der Waals surface area (Å²) in [6.07, 6.45) is 14.9. The molecule has 0 radical (unpaired) electrons. The Morgan fingerprint density at radius 1 is 0.905 bits per heavy atom. The van der Waals surface area contributed by atoms with E-state index in [0.29, 0.717) is 11.8 Å². The van der Waals surface area contributed by atoms with Crippen LogP contribution >= 0.6 is 24.8 Å². The van der Waals surface area contributed by atoms with E-state index in [9.17, 15) is 0 Å². The molecule has 0 aromatic rings. The molecule has 2 aliphatic rings. The van der Waals surface area contributed by atoms with Crippen molar-refractivity contribution in [3.05, 3.63) is 62.0 Å². The average molecular weight is 425 g/mol. The van der Waals surface area contributed by atoms with Crippen molar-refractivity contribution in [1.82, 2.24) is 0 Å². The quantitative estimate of drug-likeness (QED) is 0.375. The van der Waals surface area contributed by atoms with Gasteiger partial charge in [0.05, 0.1) is 0 Å². The van der Waals surface area contributed by atoms with Crippen LogP contribution in [0, 0.1) is 38.3 Å². The van der Waals surface area contributed by atoms with E-state index < -0.39 is 0 Å². The van der Waals surface area contributed by atoms with Gasteiger partial charge in [-0.25, -0.2) is 23.3 Å². The van der Waals surface area contributed by atoms with Crippen LogP contribution in [0.2, 0.25) is 0 Å². The van der Waals surface area contributed by atoms with Crippen LogP contribution in [0.1, 0.15) is 34.6 Å². The van der Waals surface area contributed by atoms with Crippen molar-refractivity contribution in [3.8, 4) is 0 Å². The monoisotopic (exact) mass is 422 g/mol. The number of allylic oxidation sites excluding steroid dienone is 8. The van der Waals surface area contributed by atoms with Crippen molar-refractivity contribution in [2.45, 2.75) is 34.6 Å². The van der Waals surface area contributed by atoms with Gasteiger partial charge in [0.2, 0.25) is 0 Å². The summed E-state index contributed by atoms with van der Waals surface area (Å²) in [5.74, 6) is 1.11. The maximum atomic E-state index is 3.25. The van der Waals surface area contributed by atoms with Crippen LogP contribution < -0.4 is 0 Å². The maximum absolute atomic E-state index is 3.25. The van der Waals surface area contributed by atoms with Gasteiger partial charge < -0.3 is 14.4 Å². The Morgan fingerprint density at radius 3 is 1.19 bits per heavy atom. The topological polar surface area (TPSA) is 0 Å². The summed E-state index contributed by atoms with van der Waals surface area (Å²) < 4.78 is 0. The molecule has 0 saturated heterocycles. The summed E-state index contributed by atoms with van der Waals surface area (Å²) in [5, 5.41) is 0. The molecule has 4 heteroatoms. The molecule has 2 aliphatic carbocycles. The molecule has 2 atom stereocenters. The Labute approximate surface area is 162 Å². The Kier molecular flexibility index (Phi) is 36.3. The van der Waals surface area contributed by atoms with Crippen molar-refractivity contribution < 1.29 is 23.3 Å². The average Bonchev–Trinajstić information content (AvgIpc) is 2.93. The van der Waals surface area contributed by atoms with Crippen LogP contribution in [0.4, 0.5) is 0 Å². The Balaban J connectivity index is -0.0000000589. The molecule has 0 saturated carbocycles. The molecule has 0 aromatic carbocycles. The zero-order valence-electron chi connectivity index (χ0n) is 14.2. The molecule has 0 fully saturated rings. The number of halogens is 2. The van der Waals surface area contributed by atoms with Crippen molar-refractivity contribution in [2.24, 2.45) is 11.8 Å². The molecule has 0 bridgehead atoms. The molecule has 0 N–H and O–H groups in total. The molecule has 0 aromatic heterocycles. The van der Waals surface area contributed by atoms with Gasteiger partial charge in [-0.3, -0.25) is 12.2 Å². The zero-order valence-corrected chi connectivity index (χ0v) is 19.7. The van der Waals surface area contributed by atoms with Gasteiger partial charge in [-0.1, -0.05) is 39.5 Å². The third-order valence-electron chi connectivity index (χ3n) is 2.18. The molecular weight excluding hydrogens is 394 g/mol. The van der Waals surface area contributed by atoms with E-state index in [1.165, 1.54) is 11.1 Å². The molecule has 0 heterocycles. The van der Waals surface area contributed by atoms with Gasteiger partial charge in [0.15, 0.2) is 0 Å². The fourth-order valence-electron chi connectivity index (χ4n) is 1.49. The molecular formula is C17H30Cl2SiZr-4. The van der Waals surface area contributed by atoms with Crippen LogP contribution in [0.25, 0.3) is 0 Å². The van der Waals surface area contributed by atoms with Gasteiger partial charge in [0.25, 0.3) is 0 Å². The number of rotatable bonds is 0. The zero-order chi connectivity index (χ0) is 14.6. The second kappa shape index (κ2) is 22.9. The van der Waals surface area contributed by atoms with E-state index in [1.807, 2.05) is 6.88 Å². The first-order valence-corrected chi connectivity index (χ1v) is 12.1. The van der Waals surface area contributed by atoms with Crippen LogP contribution in [0.3, 0.4) is 0 Å². The van der Waals surface area contributed by atoms with Crippen molar-refractivity contribution in [1.29, 1.82) is 0 Å². The third-order valence-corrected chi connectivity index (χ3v) is 2.18. The van der Waals surface area contributed by atoms with Crippen LogP contribution in [0.15, 0.2) is 35.5 Å². The van der Waals surface area contributed by atoms with Crippen molar-refractivity contribution >= 4 is 31.7 Å². The van der Waals surface area contributed by atoms with E-state index in [2.05, 4.69) is 71.1 Å². The first-order chi connectivity index (χ1) is 8.58. The fraction of sp³-hybridized carbons (Fsp3) is 0.412. The van der Waals surface area contributed by atoms with Gasteiger partial charge in [-0.2, -0.15) is 19.1 Å². The Morgan fingerprint density at radius 2 is 1.14 bits per heavy atom. The predicted octanol–water partition coefficient (Wildman–Crippen LogP) is 5.10. The third kappa shape index (κ3) is 20.6. The minimum absolute atomic E-state index is 0. The summed E-state index contributed by atoms with van der Waals surface area (Å²) in [4.78, 5) is 0. The molecule has 2 rings (SSSR count). The molecule has 124 valence electrons. The minimum atomic E-state index is 0. The van der Waals surface area contributed by atoms with Crippen LogP contribution in [0.5, 0.6) is 0 Å². The van der Waals surface area contributed by atoms with Crippen LogP contribution in [-0.4, -0.2) is 6.88 Å². The van der Waals surface area contributed by atoms with E-state index in [4.69, 9.17) is 0 Å². The first-order valence-electron chi connectivity index (χ1n) is 6.20. The normalized spacial score (nSPS) is 19.3. The molecule has 0 amide bonds. The second-order valence-corrected chi connectivity index (χ2v) is 3.95. The number of hydrogen-bond acceptors (Lipinski definition) is 0. The molecule has 2 unspecified atom stereocenters. The van der Waals surface area contributed by atoms with Crippen molar-refractivity contribution in [2.75, 3.05) is 0 Å². The Hall–Kier alpha value is 0.640. The number of hydrogen-bond donors (Lipinski definition) is 0. The van der Waals surface area contributed by atoms with Gasteiger partial charge in [-0.15, -0.1) is 24.8 Å². The summed E-state index contributed by atoms with van der Waals surface area (Å²) in [5.41, 5.74) is 2.54. The molecule has 0 nitrogen and oxygen atoms in total. The second-order valence-electron chi connectivity index (χ2n) is 3.95. The van der Waals surface area contributed by atoms with Gasteiger partial charge >= 0.3 is 30.2 Å². The van der Waals surface area contributed by atoms with E-state index in [1.54, 1.807) is 30.3 Å². The summed E-state index contributed by atoms with van der Waals surface area (Å²) in [7, 11) is 0. The van der Waals surface area contributed by atoms with Gasteiger partial charge in [0.1, 0.15) is 0 Å². The van der Waals surface area contributed by atoms with E-state index in [-0.39, 0.29) is 32.2 Å². The SMILES string of the molecule is CC1=[C-]C(C)C=C1.CC1=[C-]C(C)C=C1.Cl.Cl.[CH2-]C.[CH3-].[SiH2]=[Zr]. The summed E-state index contributed by atoms with van der Waals surface area (Å²) >= 11 is 1.58. The Bertz CT molecular complexity index is 302. The van der Waals surface area contributed by atoms with E-state index >= 15 is 0 Å². The molecule has 0 spiro atoms. The first kappa shape index (κ1) is 33.3.